The summed E-state index contributed by atoms with van der Waals surface area (Å²) in [4.78, 5) is 14.2. The first-order chi connectivity index (χ1) is 13.2. The Bertz CT molecular complexity index is 910. The van der Waals surface area contributed by atoms with E-state index in [0.717, 1.165) is 11.1 Å². The molecule has 3 rings (SSSR count). The lowest BCUT2D eigenvalue weighted by Gasteiger charge is -2.16. The van der Waals surface area contributed by atoms with E-state index < -0.39 is 0 Å². The van der Waals surface area contributed by atoms with Crippen molar-refractivity contribution in [1.29, 1.82) is 0 Å². The van der Waals surface area contributed by atoms with Crippen molar-refractivity contribution in [1.82, 2.24) is 10.2 Å². The van der Waals surface area contributed by atoms with Crippen LogP contribution < -0.4 is 4.90 Å². The molecule has 1 aromatic heterocycles. The van der Waals surface area contributed by atoms with Gasteiger partial charge < -0.3 is 4.74 Å². The second-order valence-corrected chi connectivity index (χ2v) is 6.58. The summed E-state index contributed by atoms with van der Waals surface area (Å²) >= 11 is 1.27. The van der Waals surface area contributed by atoms with Gasteiger partial charge >= 0.3 is 0 Å². The van der Waals surface area contributed by atoms with E-state index in [4.69, 9.17) is 4.74 Å². The zero-order valence-electron chi connectivity index (χ0n) is 14.7. The minimum atomic E-state index is -0.313. The quantitative estimate of drug-likeness (QED) is 0.578. The van der Waals surface area contributed by atoms with Gasteiger partial charge in [0.25, 0.3) is 5.91 Å². The van der Waals surface area contributed by atoms with Crippen molar-refractivity contribution in [3.8, 4) is 10.6 Å². The van der Waals surface area contributed by atoms with Crippen LogP contribution in [0.1, 0.15) is 5.56 Å². The summed E-state index contributed by atoms with van der Waals surface area (Å²) in [7, 11) is 1.58. The van der Waals surface area contributed by atoms with Crippen LogP contribution >= 0.6 is 11.3 Å². The van der Waals surface area contributed by atoms with E-state index in [-0.39, 0.29) is 11.7 Å². The summed E-state index contributed by atoms with van der Waals surface area (Å²) in [5, 5.41) is 9.35. The summed E-state index contributed by atoms with van der Waals surface area (Å²) in [6, 6.07) is 15.6. The number of halogens is 1. The number of carbonyl (C=O) groups excluding carboxylic acids is 1. The third-order valence-electron chi connectivity index (χ3n) is 3.74. The van der Waals surface area contributed by atoms with Gasteiger partial charge in [0.1, 0.15) is 10.8 Å². The second-order valence-electron chi connectivity index (χ2n) is 5.62. The monoisotopic (exact) mass is 383 g/mol. The van der Waals surface area contributed by atoms with Gasteiger partial charge in [-0.2, -0.15) is 0 Å². The van der Waals surface area contributed by atoms with Crippen LogP contribution in [0, 0.1) is 5.82 Å². The van der Waals surface area contributed by atoms with Crippen molar-refractivity contribution in [2.45, 2.75) is 0 Å². The van der Waals surface area contributed by atoms with E-state index in [9.17, 15) is 9.18 Å². The fourth-order valence-corrected chi connectivity index (χ4v) is 3.22. The molecule has 0 aliphatic rings. The van der Waals surface area contributed by atoms with Crippen molar-refractivity contribution in [3.63, 3.8) is 0 Å². The Morgan fingerprint density at radius 3 is 2.59 bits per heavy atom. The highest BCUT2D eigenvalue weighted by atomic mass is 32.1. The highest BCUT2D eigenvalue weighted by Crippen LogP contribution is 2.29. The third-order valence-corrected chi connectivity index (χ3v) is 4.73. The average Bonchev–Trinajstić information content (AvgIpc) is 3.18. The normalized spacial score (nSPS) is 11.0. The molecule has 0 aliphatic carbocycles. The van der Waals surface area contributed by atoms with E-state index in [1.54, 1.807) is 25.3 Å². The Labute approximate surface area is 160 Å². The lowest BCUT2D eigenvalue weighted by Crippen LogP contribution is -2.32. The Kier molecular flexibility index (Phi) is 6.40. The largest absolute Gasteiger partial charge is 0.383 e. The van der Waals surface area contributed by atoms with Gasteiger partial charge in [-0.1, -0.05) is 41.7 Å². The van der Waals surface area contributed by atoms with E-state index in [1.165, 1.54) is 34.4 Å². The zero-order chi connectivity index (χ0) is 19.1. The Hall–Kier alpha value is -2.90. The zero-order valence-corrected chi connectivity index (χ0v) is 15.5. The SMILES string of the molecule is COCCN(C(=O)/C=C/c1ccccc1)c1nnc(-c2ccc(F)cc2)s1. The molecule has 0 saturated carbocycles. The van der Waals surface area contributed by atoms with Crippen molar-refractivity contribution in [2.75, 3.05) is 25.2 Å². The molecule has 0 N–H and O–H groups in total. The molecule has 0 aliphatic heterocycles. The number of ether oxygens (including phenoxy) is 1. The minimum absolute atomic E-state index is 0.210. The molecule has 2 aromatic carbocycles. The minimum Gasteiger partial charge on any atom is -0.383 e. The van der Waals surface area contributed by atoms with Crippen LogP contribution in [0.5, 0.6) is 0 Å². The highest BCUT2D eigenvalue weighted by Gasteiger charge is 2.18. The number of carbonyl (C=O) groups is 1. The number of aromatic nitrogens is 2. The fraction of sp³-hybridized carbons (Fsp3) is 0.150. The molecule has 3 aromatic rings. The van der Waals surface area contributed by atoms with Gasteiger partial charge in [0.15, 0.2) is 0 Å². The molecule has 138 valence electrons. The first-order valence-electron chi connectivity index (χ1n) is 8.30. The standard InChI is InChI=1S/C20H18FN3O2S/c1-26-14-13-24(18(25)12-7-15-5-3-2-4-6-15)20-23-22-19(27-20)16-8-10-17(21)11-9-16/h2-12H,13-14H2,1H3/b12-7+. The average molecular weight is 383 g/mol. The van der Waals surface area contributed by atoms with Crippen molar-refractivity contribution >= 4 is 28.5 Å². The van der Waals surface area contributed by atoms with E-state index in [0.29, 0.717) is 23.3 Å². The van der Waals surface area contributed by atoms with Crippen molar-refractivity contribution in [3.05, 3.63) is 72.1 Å². The van der Waals surface area contributed by atoms with Crippen molar-refractivity contribution in [2.24, 2.45) is 0 Å². The lowest BCUT2D eigenvalue weighted by molar-refractivity contribution is -0.114. The fourth-order valence-electron chi connectivity index (χ4n) is 2.34. The summed E-state index contributed by atoms with van der Waals surface area (Å²) in [5.41, 5.74) is 1.68. The lowest BCUT2D eigenvalue weighted by atomic mass is 10.2. The third kappa shape index (κ3) is 5.06. The van der Waals surface area contributed by atoms with Crippen LogP contribution in [-0.2, 0) is 9.53 Å². The topological polar surface area (TPSA) is 55.3 Å². The van der Waals surface area contributed by atoms with E-state index >= 15 is 0 Å². The number of hydrogen-bond acceptors (Lipinski definition) is 5. The molecular formula is C20H18FN3O2S. The van der Waals surface area contributed by atoms with Crippen LogP contribution in [0.4, 0.5) is 9.52 Å². The molecule has 0 atom stereocenters. The number of methoxy groups -OCH3 is 1. The summed E-state index contributed by atoms with van der Waals surface area (Å²) in [5.74, 6) is -0.524. The Balaban J connectivity index is 1.81. The number of benzene rings is 2. The summed E-state index contributed by atoms with van der Waals surface area (Å²) in [6.07, 6.45) is 3.26. The van der Waals surface area contributed by atoms with Crippen LogP contribution in [0.15, 0.2) is 60.7 Å². The van der Waals surface area contributed by atoms with Gasteiger partial charge in [0, 0.05) is 18.7 Å². The van der Waals surface area contributed by atoms with Crippen molar-refractivity contribution < 1.29 is 13.9 Å². The maximum Gasteiger partial charge on any atom is 0.252 e. The highest BCUT2D eigenvalue weighted by molar-refractivity contribution is 7.18. The molecule has 0 saturated heterocycles. The molecule has 7 heteroatoms. The molecule has 0 fully saturated rings. The van der Waals surface area contributed by atoms with E-state index in [1.807, 2.05) is 30.3 Å². The number of nitrogens with zero attached hydrogens (tertiary/aromatic N) is 3. The number of anilines is 1. The molecule has 1 amide bonds. The predicted molar refractivity (Wildman–Crippen MR) is 105 cm³/mol. The first kappa shape index (κ1) is 18.9. The second kappa shape index (κ2) is 9.16. The predicted octanol–water partition coefficient (Wildman–Crippen LogP) is 4.04. The maximum atomic E-state index is 13.1. The Morgan fingerprint density at radius 1 is 1.15 bits per heavy atom. The maximum absolute atomic E-state index is 13.1. The first-order valence-corrected chi connectivity index (χ1v) is 9.12. The molecule has 0 unspecified atom stereocenters. The number of amides is 1. The molecule has 0 bridgehead atoms. The molecular weight excluding hydrogens is 365 g/mol. The van der Waals surface area contributed by atoms with Gasteiger partial charge in [0.05, 0.1) is 13.2 Å². The van der Waals surface area contributed by atoms with Gasteiger partial charge in [0.2, 0.25) is 5.13 Å². The van der Waals surface area contributed by atoms with Crippen LogP contribution in [-0.4, -0.2) is 36.4 Å². The molecule has 0 spiro atoms. The summed E-state index contributed by atoms with van der Waals surface area (Å²) < 4.78 is 18.2. The molecule has 1 heterocycles. The van der Waals surface area contributed by atoms with Gasteiger partial charge in [-0.05, 0) is 35.9 Å². The van der Waals surface area contributed by atoms with Crippen LogP contribution in [0.25, 0.3) is 16.6 Å². The number of hydrogen-bond donors (Lipinski definition) is 0. The van der Waals surface area contributed by atoms with Crippen LogP contribution in [0.3, 0.4) is 0 Å². The Morgan fingerprint density at radius 2 is 1.89 bits per heavy atom. The van der Waals surface area contributed by atoms with Crippen LogP contribution in [0.2, 0.25) is 0 Å². The van der Waals surface area contributed by atoms with Gasteiger partial charge in [-0.3, -0.25) is 9.69 Å². The summed E-state index contributed by atoms with van der Waals surface area (Å²) in [6.45, 7) is 0.725. The molecule has 0 radical (unpaired) electrons. The van der Waals surface area contributed by atoms with E-state index in [2.05, 4.69) is 10.2 Å². The molecule has 5 nitrogen and oxygen atoms in total. The molecule has 27 heavy (non-hydrogen) atoms. The number of rotatable bonds is 7. The van der Waals surface area contributed by atoms with Gasteiger partial charge in [-0.25, -0.2) is 4.39 Å². The van der Waals surface area contributed by atoms with Gasteiger partial charge in [-0.15, -0.1) is 10.2 Å². The smallest absolute Gasteiger partial charge is 0.252 e.